The van der Waals surface area contributed by atoms with Gasteiger partial charge in [-0.05, 0) is 30.4 Å². The molecule has 1 amide bonds. The number of hydrogen-bond donors (Lipinski definition) is 3. The first-order valence-electron chi connectivity index (χ1n) is 9.03. The zero-order chi connectivity index (χ0) is 21.5. The molecule has 0 radical (unpaired) electrons. The molecule has 3 aromatic carbocycles. The Hall–Kier alpha value is -3.84. The van der Waals surface area contributed by atoms with Gasteiger partial charge in [-0.3, -0.25) is 15.5 Å². The van der Waals surface area contributed by atoms with Crippen LogP contribution in [0, 0.1) is 5.41 Å². The number of nitrogens with one attached hydrogen (secondary N) is 3. The van der Waals surface area contributed by atoms with Crippen molar-refractivity contribution >= 4 is 40.6 Å². The molecule has 3 aromatic rings. The molecule has 0 bridgehead atoms. The van der Waals surface area contributed by atoms with E-state index in [0.29, 0.717) is 27.9 Å². The molecule has 0 saturated heterocycles. The van der Waals surface area contributed by atoms with E-state index in [0.717, 1.165) is 0 Å². The van der Waals surface area contributed by atoms with E-state index >= 15 is 0 Å². The molecule has 7 heteroatoms. The molecule has 150 valence electrons. The summed E-state index contributed by atoms with van der Waals surface area (Å²) in [6.07, 6.45) is -0.705. The summed E-state index contributed by atoms with van der Waals surface area (Å²) in [5.74, 6) is -0.153. The minimum absolute atomic E-state index is 0.0195. The third kappa shape index (κ3) is 4.95. The van der Waals surface area contributed by atoms with Crippen LogP contribution in [0.2, 0.25) is 0 Å². The highest BCUT2D eigenvalue weighted by Crippen LogP contribution is 2.23. The highest BCUT2D eigenvalue weighted by atomic mass is 32.1. The van der Waals surface area contributed by atoms with Crippen LogP contribution in [0.1, 0.15) is 27.0 Å². The maximum absolute atomic E-state index is 12.9. The molecule has 0 saturated carbocycles. The van der Waals surface area contributed by atoms with Crippen molar-refractivity contribution < 1.29 is 14.3 Å². The Kier molecular flexibility index (Phi) is 6.67. The quantitative estimate of drug-likeness (QED) is 0.325. The third-order valence-corrected chi connectivity index (χ3v) is 4.50. The van der Waals surface area contributed by atoms with Gasteiger partial charge in [-0.15, -0.1) is 0 Å². The largest absolute Gasteiger partial charge is 0.453 e. The van der Waals surface area contributed by atoms with Gasteiger partial charge in [0.25, 0.3) is 0 Å². The van der Waals surface area contributed by atoms with E-state index in [1.807, 2.05) is 36.4 Å². The number of methoxy groups -OCH3 is 1. The lowest BCUT2D eigenvalue weighted by atomic mass is 9.95. The number of rotatable bonds is 5. The number of amides is 1. The monoisotopic (exact) mass is 417 g/mol. The molecule has 0 aromatic heterocycles. The molecule has 0 heterocycles. The average Bonchev–Trinajstić information content (AvgIpc) is 2.79. The molecule has 0 aliphatic rings. The van der Waals surface area contributed by atoms with Crippen LogP contribution in [0.4, 0.5) is 10.5 Å². The fraction of sp³-hybridized carbons (Fsp3) is 0.0435. The fourth-order valence-electron chi connectivity index (χ4n) is 2.82. The van der Waals surface area contributed by atoms with Crippen molar-refractivity contribution in [2.75, 3.05) is 12.4 Å². The second kappa shape index (κ2) is 9.58. The molecule has 0 aliphatic carbocycles. The standard InChI is InChI=1S/C23H19N3O3S/c1-29-23(28)26-22(30)25-19-13-12-17(21(27)16-10-6-3-7-11-16)14-18(19)20(24)15-8-4-2-5-9-15/h2-14,24H,1H3,(H2,25,26,28,30). The highest BCUT2D eigenvalue weighted by molar-refractivity contribution is 7.80. The predicted molar refractivity (Wildman–Crippen MR) is 120 cm³/mol. The molecule has 0 spiro atoms. The third-order valence-electron chi connectivity index (χ3n) is 4.30. The summed E-state index contributed by atoms with van der Waals surface area (Å²) in [4.78, 5) is 24.3. The Labute approximate surface area is 179 Å². The van der Waals surface area contributed by atoms with Crippen molar-refractivity contribution in [3.05, 3.63) is 101 Å². The van der Waals surface area contributed by atoms with Gasteiger partial charge in [0, 0.05) is 27.9 Å². The van der Waals surface area contributed by atoms with Gasteiger partial charge < -0.3 is 10.1 Å². The zero-order valence-electron chi connectivity index (χ0n) is 16.1. The van der Waals surface area contributed by atoms with Gasteiger partial charge in [-0.25, -0.2) is 4.79 Å². The van der Waals surface area contributed by atoms with Gasteiger partial charge in [0.15, 0.2) is 10.9 Å². The summed E-state index contributed by atoms with van der Waals surface area (Å²) >= 11 is 5.14. The molecular formula is C23H19N3O3S. The van der Waals surface area contributed by atoms with Crippen molar-refractivity contribution in [2.24, 2.45) is 0 Å². The molecule has 3 rings (SSSR count). The number of ketones is 1. The van der Waals surface area contributed by atoms with E-state index in [1.54, 1.807) is 42.5 Å². The molecule has 6 nitrogen and oxygen atoms in total. The molecule has 0 atom stereocenters. The van der Waals surface area contributed by atoms with Crippen LogP contribution in [0.25, 0.3) is 0 Å². The van der Waals surface area contributed by atoms with Crippen molar-refractivity contribution in [3.8, 4) is 0 Å². The van der Waals surface area contributed by atoms with Crippen molar-refractivity contribution in [3.63, 3.8) is 0 Å². The van der Waals surface area contributed by atoms with E-state index in [4.69, 9.17) is 17.6 Å². The number of hydrogen-bond acceptors (Lipinski definition) is 5. The second-order valence-corrected chi connectivity index (χ2v) is 6.68. The first-order valence-corrected chi connectivity index (χ1v) is 9.44. The number of alkyl carbamates (subject to hydrolysis) is 1. The number of carbonyl (C=O) groups is 2. The SMILES string of the molecule is COC(=O)NC(=S)Nc1ccc(C(=O)c2ccccc2)cc1C(=N)c1ccccc1. The smallest absolute Gasteiger partial charge is 0.413 e. The van der Waals surface area contributed by atoms with Crippen LogP contribution < -0.4 is 10.6 Å². The van der Waals surface area contributed by atoms with Crippen LogP contribution in [-0.4, -0.2) is 29.8 Å². The second-order valence-electron chi connectivity index (χ2n) is 6.27. The Morgan fingerprint density at radius 1 is 0.867 bits per heavy atom. The first kappa shape index (κ1) is 20.9. The molecule has 3 N–H and O–H groups in total. The van der Waals surface area contributed by atoms with Crippen LogP contribution >= 0.6 is 12.2 Å². The minimum Gasteiger partial charge on any atom is -0.453 e. The summed E-state index contributed by atoms with van der Waals surface area (Å²) < 4.78 is 4.54. The lowest BCUT2D eigenvalue weighted by Crippen LogP contribution is -2.34. The summed E-state index contributed by atoms with van der Waals surface area (Å²) in [5.41, 5.74) is 2.83. The fourth-order valence-corrected chi connectivity index (χ4v) is 3.01. The minimum atomic E-state index is -0.705. The van der Waals surface area contributed by atoms with Crippen LogP contribution in [-0.2, 0) is 4.74 Å². The Balaban J connectivity index is 1.99. The van der Waals surface area contributed by atoms with E-state index in [2.05, 4.69) is 15.4 Å². The number of anilines is 1. The average molecular weight is 417 g/mol. The van der Waals surface area contributed by atoms with Crippen LogP contribution in [0.15, 0.2) is 78.9 Å². The van der Waals surface area contributed by atoms with Gasteiger partial charge in [0.05, 0.1) is 12.8 Å². The van der Waals surface area contributed by atoms with Gasteiger partial charge in [0.1, 0.15) is 0 Å². The van der Waals surface area contributed by atoms with E-state index in [-0.39, 0.29) is 16.6 Å². The van der Waals surface area contributed by atoms with Crippen molar-refractivity contribution in [1.82, 2.24) is 5.32 Å². The number of thiocarbonyl (C=S) groups is 1. The van der Waals surface area contributed by atoms with Crippen molar-refractivity contribution in [1.29, 1.82) is 5.41 Å². The van der Waals surface area contributed by atoms with Gasteiger partial charge in [0.2, 0.25) is 0 Å². The Morgan fingerprint density at radius 3 is 2.07 bits per heavy atom. The lowest BCUT2D eigenvalue weighted by Gasteiger charge is -2.15. The maximum Gasteiger partial charge on any atom is 0.413 e. The predicted octanol–water partition coefficient (Wildman–Crippen LogP) is 4.39. The molecular weight excluding hydrogens is 398 g/mol. The van der Waals surface area contributed by atoms with Gasteiger partial charge >= 0.3 is 6.09 Å². The summed E-state index contributed by atoms with van der Waals surface area (Å²) in [7, 11) is 1.23. The normalized spacial score (nSPS) is 10.0. The van der Waals surface area contributed by atoms with Crippen LogP contribution in [0.3, 0.4) is 0 Å². The first-order chi connectivity index (χ1) is 14.5. The van der Waals surface area contributed by atoms with E-state index in [1.165, 1.54) is 7.11 Å². The van der Waals surface area contributed by atoms with Crippen LogP contribution in [0.5, 0.6) is 0 Å². The number of carbonyl (C=O) groups excluding carboxylic acids is 2. The van der Waals surface area contributed by atoms with Gasteiger partial charge in [-0.1, -0.05) is 60.7 Å². The maximum atomic E-state index is 12.9. The molecule has 0 fully saturated rings. The van der Waals surface area contributed by atoms with E-state index < -0.39 is 6.09 Å². The molecule has 30 heavy (non-hydrogen) atoms. The topological polar surface area (TPSA) is 91.3 Å². The zero-order valence-corrected chi connectivity index (χ0v) is 17.0. The molecule has 0 aliphatic heterocycles. The highest BCUT2D eigenvalue weighted by Gasteiger charge is 2.16. The summed E-state index contributed by atoms with van der Waals surface area (Å²) in [6, 6.07) is 23.0. The Bertz CT molecular complexity index is 1100. The Morgan fingerprint density at radius 2 is 1.47 bits per heavy atom. The van der Waals surface area contributed by atoms with E-state index in [9.17, 15) is 9.59 Å². The molecule has 0 unspecified atom stereocenters. The lowest BCUT2D eigenvalue weighted by molar-refractivity contribution is 0.103. The number of ether oxygens (including phenoxy) is 1. The van der Waals surface area contributed by atoms with Crippen molar-refractivity contribution in [2.45, 2.75) is 0 Å². The van der Waals surface area contributed by atoms with Gasteiger partial charge in [-0.2, -0.15) is 0 Å². The summed E-state index contributed by atoms with van der Waals surface area (Å²) in [6.45, 7) is 0. The number of benzene rings is 3. The summed E-state index contributed by atoms with van der Waals surface area (Å²) in [5, 5.41) is 14.0.